The zero-order valence-corrected chi connectivity index (χ0v) is 11.8. The van der Waals surface area contributed by atoms with Gasteiger partial charge in [-0.25, -0.2) is 0 Å². The first-order chi connectivity index (χ1) is 7.54. The summed E-state index contributed by atoms with van der Waals surface area (Å²) in [7, 11) is 4.52. The Balaban J connectivity index is 2.87. The summed E-state index contributed by atoms with van der Waals surface area (Å²) in [6.45, 7) is 8.01. The lowest BCUT2D eigenvalue weighted by molar-refractivity contribution is 0.0394. The van der Waals surface area contributed by atoms with Crippen molar-refractivity contribution in [2.45, 2.75) is 64.5 Å². The molecular weight excluding hydrogens is 196 g/mol. The molecule has 0 bridgehead atoms. The van der Waals surface area contributed by atoms with Gasteiger partial charge in [0.1, 0.15) is 0 Å². The summed E-state index contributed by atoms with van der Waals surface area (Å²) < 4.78 is 0. The summed E-state index contributed by atoms with van der Waals surface area (Å²) in [5.74, 6) is 0.709. The Bertz CT molecular complexity index is 193. The molecule has 0 saturated heterocycles. The van der Waals surface area contributed by atoms with Gasteiger partial charge in [-0.3, -0.25) is 0 Å². The fourth-order valence-corrected chi connectivity index (χ4v) is 3.47. The van der Waals surface area contributed by atoms with Crippen molar-refractivity contribution in [1.29, 1.82) is 0 Å². The average Bonchev–Trinajstić information content (AvgIpc) is 2.26. The lowest BCUT2D eigenvalue weighted by Crippen LogP contribution is -2.61. The molecule has 0 spiro atoms. The minimum atomic E-state index is 0.391. The first-order valence-corrected chi connectivity index (χ1v) is 6.95. The van der Waals surface area contributed by atoms with Gasteiger partial charge >= 0.3 is 0 Å². The van der Waals surface area contributed by atoms with Crippen molar-refractivity contribution in [3.05, 3.63) is 0 Å². The van der Waals surface area contributed by atoms with E-state index in [4.69, 9.17) is 0 Å². The van der Waals surface area contributed by atoms with Crippen molar-refractivity contribution in [1.82, 2.24) is 10.2 Å². The van der Waals surface area contributed by atoms with Gasteiger partial charge < -0.3 is 10.2 Å². The standard InChI is InChI=1S/C14H30N2/c1-6-15-13(12(2)3)14(16(4)5)10-8-7-9-11-14/h12-13,15H,6-11H2,1-5H3. The topological polar surface area (TPSA) is 15.3 Å². The Labute approximate surface area is 102 Å². The number of rotatable bonds is 5. The highest BCUT2D eigenvalue weighted by molar-refractivity contribution is 5.01. The minimum Gasteiger partial charge on any atom is -0.312 e. The van der Waals surface area contributed by atoms with Crippen LogP contribution in [0.15, 0.2) is 0 Å². The zero-order chi connectivity index (χ0) is 12.2. The minimum absolute atomic E-state index is 0.391. The number of likely N-dealkylation sites (N-methyl/N-ethyl adjacent to an activating group) is 2. The zero-order valence-electron chi connectivity index (χ0n) is 11.8. The van der Waals surface area contributed by atoms with Crippen LogP contribution in [0.25, 0.3) is 0 Å². The van der Waals surface area contributed by atoms with Crippen molar-refractivity contribution in [3.8, 4) is 0 Å². The molecule has 0 radical (unpaired) electrons. The van der Waals surface area contributed by atoms with Crippen molar-refractivity contribution in [2.24, 2.45) is 5.92 Å². The molecule has 0 heterocycles. The highest BCUT2D eigenvalue weighted by Gasteiger charge is 2.42. The molecule has 1 rings (SSSR count). The lowest BCUT2D eigenvalue weighted by atomic mass is 9.72. The first kappa shape index (κ1) is 14.0. The monoisotopic (exact) mass is 226 g/mol. The van der Waals surface area contributed by atoms with Gasteiger partial charge in [-0.15, -0.1) is 0 Å². The van der Waals surface area contributed by atoms with E-state index in [2.05, 4.69) is 45.1 Å². The molecule has 1 aliphatic carbocycles. The molecule has 0 aromatic rings. The normalized spacial score (nSPS) is 22.7. The molecule has 1 unspecified atom stereocenters. The second-order valence-corrected chi connectivity index (χ2v) is 5.84. The average molecular weight is 226 g/mol. The number of nitrogens with zero attached hydrogens (tertiary/aromatic N) is 1. The summed E-state index contributed by atoms with van der Waals surface area (Å²) in [6.07, 6.45) is 6.93. The second kappa shape index (κ2) is 6.02. The third kappa shape index (κ3) is 2.78. The summed E-state index contributed by atoms with van der Waals surface area (Å²) in [4.78, 5) is 2.49. The van der Waals surface area contributed by atoms with Crippen LogP contribution in [0.3, 0.4) is 0 Å². The van der Waals surface area contributed by atoms with E-state index in [0.717, 1.165) is 6.54 Å². The van der Waals surface area contributed by atoms with Crippen molar-refractivity contribution in [2.75, 3.05) is 20.6 Å². The van der Waals surface area contributed by atoms with Gasteiger partial charge in [-0.1, -0.05) is 40.0 Å². The third-order valence-electron chi connectivity index (χ3n) is 4.28. The molecule has 1 aliphatic rings. The summed E-state index contributed by atoms with van der Waals surface area (Å²) >= 11 is 0. The Hall–Kier alpha value is -0.0800. The molecule has 0 aromatic carbocycles. The smallest absolute Gasteiger partial charge is 0.0358 e. The van der Waals surface area contributed by atoms with Crippen LogP contribution in [-0.2, 0) is 0 Å². The van der Waals surface area contributed by atoms with Crippen LogP contribution in [0.5, 0.6) is 0 Å². The summed E-state index contributed by atoms with van der Waals surface area (Å²) in [6, 6.07) is 0.632. The fraction of sp³-hybridized carbons (Fsp3) is 1.00. The van der Waals surface area contributed by atoms with E-state index in [0.29, 0.717) is 17.5 Å². The van der Waals surface area contributed by atoms with Gasteiger partial charge in [0.25, 0.3) is 0 Å². The van der Waals surface area contributed by atoms with Crippen LogP contribution in [0.2, 0.25) is 0 Å². The maximum atomic E-state index is 3.73. The van der Waals surface area contributed by atoms with Crippen molar-refractivity contribution >= 4 is 0 Å². The number of nitrogens with one attached hydrogen (secondary N) is 1. The van der Waals surface area contributed by atoms with Gasteiger partial charge in [0.15, 0.2) is 0 Å². The Morgan fingerprint density at radius 2 is 1.69 bits per heavy atom. The van der Waals surface area contributed by atoms with E-state index in [1.165, 1.54) is 32.1 Å². The number of hydrogen-bond acceptors (Lipinski definition) is 2. The summed E-state index contributed by atoms with van der Waals surface area (Å²) in [5, 5.41) is 3.73. The van der Waals surface area contributed by atoms with Crippen LogP contribution in [-0.4, -0.2) is 37.1 Å². The van der Waals surface area contributed by atoms with Crippen LogP contribution in [0.1, 0.15) is 52.9 Å². The van der Waals surface area contributed by atoms with E-state index in [1.54, 1.807) is 0 Å². The molecule has 0 amide bonds. The Kier molecular flexibility index (Phi) is 5.26. The van der Waals surface area contributed by atoms with Gasteiger partial charge in [0.05, 0.1) is 0 Å². The first-order valence-electron chi connectivity index (χ1n) is 6.95. The quantitative estimate of drug-likeness (QED) is 0.775. The van der Waals surface area contributed by atoms with E-state index in [1.807, 2.05) is 0 Å². The van der Waals surface area contributed by atoms with Gasteiger partial charge in [0.2, 0.25) is 0 Å². The van der Waals surface area contributed by atoms with Gasteiger partial charge in [-0.2, -0.15) is 0 Å². The molecular formula is C14H30N2. The molecule has 0 aliphatic heterocycles. The van der Waals surface area contributed by atoms with Crippen molar-refractivity contribution < 1.29 is 0 Å². The fourth-order valence-electron chi connectivity index (χ4n) is 3.47. The molecule has 96 valence electrons. The lowest BCUT2D eigenvalue weighted by Gasteiger charge is -2.50. The highest BCUT2D eigenvalue weighted by atomic mass is 15.2. The highest BCUT2D eigenvalue weighted by Crippen LogP contribution is 2.37. The van der Waals surface area contributed by atoms with Crippen LogP contribution in [0.4, 0.5) is 0 Å². The van der Waals surface area contributed by atoms with Crippen LogP contribution in [0, 0.1) is 5.92 Å². The molecule has 1 N–H and O–H groups in total. The summed E-state index contributed by atoms with van der Waals surface area (Å²) in [5.41, 5.74) is 0.391. The van der Waals surface area contributed by atoms with Crippen LogP contribution >= 0.6 is 0 Å². The predicted octanol–water partition coefficient (Wildman–Crippen LogP) is 2.89. The molecule has 16 heavy (non-hydrogen) atoms. The number of hydrogen-bond donors (Lipinski definition) is 1. The largest absolute Gasteiger partial charge is 0.312 e. The second-order valence-electron chi connectivity index (χ2n) is 5.84. The maximum absolute atomic E-state index is 3.73. The molecule has 0 aromatic heterocycles. The van der Waals surface area contributed by atoms with E-state index >= 15 is 0 Å². The Morgan fingerprint density at radius 1 is 1.12 bits per heavy atom. The van der Waals surface area contributed by atoms with Gasteiger partial charge in [-0.05, 0) is 39.4 Å². The SMILES string of the molecule is CCNC(C(C)C)C1(N(C)C)CCCCC1. The Morgan fingerprint density at radius 3 is 2.06 bits per heavy atom. The molecule has 2 nitrogen and oxygen atoms in total. The molecule has 1 fully saturated rings. The third-order valence-corrected chi connectivity index (χ3v) is 4.28. The van der Waals surface area contributed by atoms with E-state index in [-0.39, 0.29) is 0 Å². The maximum Gasteiger partial charge on any atom is 0.0358 e. The van der Waals surface area contributed by atoms with Gasteiger partial charge in [0, 0.05) is 11.6 Å². The molecule has 1 atom stereocenters. The molecule has 1 saturated carbocycles. The van der Waals surface area contributed by atoms with Crippen molar-refractivity contribution in [3.63, 3.8) is 0 Å². The van der Waals surface area contributed by atoms with Crippen LogP contribution < -0.4 is 5.32 Å². The predicted molar refractivity (Wildman–Crippen MR) is 71.8 cm³/mol. The molecule has 2 heteroatoms. The van der Waals surface area contributed by atoms with E-state index < -0.39 is 0 Å². The van der Waals surface area contributed by atoms with E-state index in [9.17, 15) is 0 Å².